The lowest BCUT2D eigenvalue weighted by molar-refractivity contribution is -0.138. The quantitative estimate of drug-likeness (QED) is 0.641. The molecule has 1 rings (SSSR count). The average molecular weight is 318 g/mol. The van der Waals surface area contributed by atoms with Gasteiger partial charge in [0.2, 0.25) is 15.9 Å². The number of likely N-dealkylation sites (N-methyl/N-ethyl adjacent to an activating group) is 1. The van der Waals surface area contributed by atoms with Gasteiger partial charge in [0.25, 0.3) is 0 Å². The van der Waals surface area contributed by atoms with Gasteiger partial charge < -0.3 is 10.0 Å². The molecule has 0 unspecified atom stereocenters. The summed E-state index contributed by atoms with van der Waals surface area (Å²) in [5.41, 5.74) is 0. The van der Waals surface area contributed by atoms with E-state index in [1.807, 2.05) is 0 Å². The van der Waals surface area contributed by atoms with Crippen molar-refractivity contribution >= 4 is 21.9 Å². The van der Waals surface area contributed by atoms with Gasteiger partial charge in [0, 0.05) is 19.3 Å². The van der Waals surface area contributed by atoms with Crippen LogP contribution in [0.1, 0.15) is 13.8 Å². The Labute approximate surface area is 122 Å². The van der Waals surface area contributed by atoms with Crippen molar-refractivity contribution in [2.75, 3.05) is 19.6 Å². The molecule has 0 aliphatic heterocycles. The zero-order valence-electron chi connectivity index (χ0n) is 11.8. The lowest BCUT2D eigenvalue weighted by atomic mass is 10.4. The van der Waals surface area contributed by atoms with Crippen LogP contribution in [0.5, 0.6) is 0 Å². The van der Waals surface area contributed by atoms with E-state index in [0.717, 1.165) is 17.1 Å². The summed E-state index contributed by atoms with van der Waals surface area (Å²) in [7, 11) is -3.89. The van der Waals surface area contributed by atoms with Gasteiger partial charge in [-0.05, 0) is 13.8 Å². The van der Waals surface area contributed by atoms with Crippen molar-refractivity contribution in [2.24, 2.45) is 0 Å². The van der Waals surface area contributed by atoms with E-state index in [2.05, 4.69) is 9.82 Å². The molecule has 0 saturated carbocycles. The van der Waals surface area contributed by atoms with Gasteiger partial charge in [-0.2, -0.15) is 5.10 Å². The van der Waals surface area contributed by atoms with Crippen LogP contribution in [-0.2, 0) is 26.2 Å². The summed E-state index contributed by atoms with van der Waals surface area (Å²) >= 11 is 0. The van der Waals surface area contributed by atoms with Crippen LogP contribution in [0.15, 0.2) is 17.3 Å². The molecule has 1 heterocycles. The van der Waals surface area contributed by atoms with E-state index in [1.165, 1.54) is 4.90 Å². The maximum absolute atomic E-state index is 12.0. The number of carbonyl (C=O) groups is 2. The molecule has 0 aliphatic carbocycles. The van der Waals surface area contributed by atoms with Crippen molar-refractivity contribution in [3.63, 3.8) is 0 Å². The number of sulfonamides is 1. The van der Waals surface area contributed by atoms with E-state index in [-0.39, 0.29) is 17.3 Å². The second-order valence-electron chi connectivity index (χ2n) is 4.16. The van der Waals surface area contributed by atoms with Crippen LogP contribution in [0.25, 0.3) is 0 Å². The fourth-order valence-electron chi connectivity index (χ4n) is 1.64. The number of carboxylic acid groups (broad SMARTS) is 1. The topological polar surface area (TPSA) is 122 Å². The van der Waals surface area contributed by atoms with Crippen LogP contribution in [0.3, 0.4) is 0 Å². The molecule has 0 saturated heterocycles. The molecule has 118 valence electrons. The molecule has 0 aromatic carbocycles. The van der Waals surface area contributed by atoms with Gasteiger partial charge >= 0.3 is 5.97 Å². The number of hydrogen-bond donors (Lipinski definition) is 2. The van der Waals surface area contributed by atoms with Crippen molar-refractivity contribution in [3.8, 4) is 0 Å². The van der Waals surface area contributed by atoms with Gasteiger partial charge in [0.05, 0.1) is 12.7 Å². The lowest BCUT2D eigenvalue weighted by Gasteiger charge is -2.18. The van der Waals surface area contributed by atoms with Gasteiger partial charge in [-0.3, -0.25) is 14.3 Å². The third kappa shape index (κ3) is 4.83. The highest BCUT2D eigenvalue weighted by Crippen LogP contribution is 2.06. The molecule has 1 aromatic rings. The molecule has 0 spiro atoms. The Hall–Kier alpha value is -1.94. The minimum absolute atomic E-state index is 0.184. The highest BCUT2D eigenvalue weighted by molar-refractivity contribution is 7.89. The molecule has 0 bridgehead atoms. The first-order chi connectivity index (χ1) is 9.80. The maximum atomic E-state index is 12.0. The van der Waals surface area contributed by atoms with Gasteiger partial charge in [0.15, 0.2) is 0 Å². The van der Waals surface area contributed by atoms with Crippen LogP contribution in [-0.4, -0.2) is 59.7 Å². The number of rotatable bonds is 8. The molecule has 0 fully saturated rings. The highest BCUT2D eigenvalue weighted by atomic mass is 32.2. The van der Waals surface area contributed by atoms with Crippen LogP contribution in [0, 0.1) is 0 Å². The summed E-state index contributed by atoms with van der Waals surface area (Å²) in [6.45, 7) is 3.79. The summed E-state index contributed by atoms with van der Waals surface area (Å²) in [5.74, 6) is -1.46. The van der Waals surface area contributed by atoms with Crippen molar-refractivity contribution in [2.45, 2.75) is 25.3 Å². The van der Waals surface area contributed by atoms with E-state index in [0.29, 0.717) is 13.1 Å². The van der Waals surface area contributed by atoms with E-state index in [9.17, 15) is 18.0 Å². The number of nitrogens with zero attached hydrogens (tertiary/aromatic N) is 3. The van der Waals surface area contributed by atoms with Crippen LogP contribution >= 0.6 is 0 Å². The summed E-state index contributed by atoms with van der Waals surface area (Å²) in [5, 5.41) is 12.2. The number of hydrogen-bond acceptors (Lipinski definition) is 5. The molecular formula is C11H18N4O5S. The first kappa shape index (κ1) is 17.1. The summed E-state index contributed by atoms with van der Waals surface area (Å²) in [4.78, 5) is 23.6. The minimum Gasteiger partial charge on any atom is -0.480 e. The second kappa shape index (κ2) is 7.18. The number of carbonyl (C=O) groups excluding carboxylic acids is 1. The fraction of sp³-hybridized carbons (Fsp3) is 0.545. The molecule has 9 nitrogen and oxygen atoms in total. The number of nitrogens with one attached hydrogen (secondary N) is 1. The molecule has 0 atom stereocenters. The lowest BCUT2D eigenvalue weighted by Crippen LogP contribution is -2.39. The summed E-state index contributed by atoms with van der Waals surface area (Å²) < 4.78 is 27.1. The molecule has 1 aromatic heterocycles. The van der Waals surface area contributed by atoms with E-state index >= 15 is 0 Å². The molecule has 21 heavy (non-hydrogen) atoms. The zero-order chi connectivity index (χ0) is 16.0. The molecule has 0 aliphatic rings. The molecule has 0 radical (unpaired) electrons. The Kier molecular flexibility index (Phi) is 5.85. The monoisotopic (exact) mass is 318 g/mol. The third-order valence-electron chi connectivity index (χ3n) is 2.75. The Bertz CT molecular complexity index is 606. The summed E-state index contributed by atoms with van der Waals surface area (Å²) in [6.07, 6.45) is 2.13. The van der Waals surface area contributed by atoms with Gasteiger partial charge in [-0.25, -0.2) is 13.1 Å². The fourth-order valence-corrected chi connectivity index (χ4v) is 2.56. The largest absolute Gasteiger partial charge is 0.480 e. The second-order valence-corrected chi connectivity index (χ2v) is 5.92. The highest BCUT2D eigenvalue weighted by Gasteiger charge is 2.19. The van der Waals surface area contributed by atoms with Crippen LogP contribution < -0.4 is 4.72 Å². The van der Waals surface area contributed by atoms with Crippen molar-refractivity contribution in [1.82, 2.24) is 19.4 Å². The van der Waals surface area contributed by atoms with Gasteiger partial charge in [0.1, 0.15) is 11.4 Å². The van der Waals surface area contributed by atoms with Crippen molar-refractivity contribution in [3.05, 3.63) is 12.4 Å². The van der Waals surface area contributed by atoms with Gasteiger partial charge in [-0.15, -0.1) is 0 Å². The maximum Gasteiger partial charge on any atom is 0.325 e. The molecule has 2 N–H and O–H groups in total. The van der Waals surface area contributed by atoms with Gasteiger partial charge in [-0.1, -0.05) is 0 Å². The zero-order valence-corrected chi connectivity index (χ0v) is 12.6. The minimum atomic E-state index is -3.89. The first-order valence-electron chi connectivity index (χ1n) is 6.31. The number of aliphatic carboxylic acids is 1. The predicted octanol–water partition coefficient (Wildman–Crippen LogP) is -0.886. The van der Waals surface area contributed by atoms with Crippen molar-refractivity contribution in [1.29, 1.82) is 0 Å². The molecule has 1 amide bonds. The van der Waals surface area contributed by atoms with E-state index < -0.39 is 22.5 Å². The SMILES string of the molecule is CCN(CC)C(=O)CNS(=O)(=O)c1cnn(CC(=O)O)c1. The summed E-state index contributed by atoms with van der Waals surface area (Å²) in [6, 6.07) is 0. The Morgan fingerprint density at radius 2 is 2.00 bits per heavy atom. The number of carboxylic acids is 1. The molecule has 10 heteroatoms. The standard InChI is InChI=1S/C11H18N4O5S/c1-3-14(4-2)10(16)6-13-21(19,20)9-5-12-15(7-9)8-11(17)18/h5,7,13H,3-4,6,8H2,1-2H3,(H,17,18). The Morgan fingerprint density at radius 1 is 1.38 bits per heavy atom. The third-order valence-corrected chi connectivity index (χ3v) is 4.10. The van der Waals surface area contributed by atoms with Crippen LogP contribution in [0.4, 0.5) is 0 Å². The van der Waals surface area contributed by atoms with E-state index in [1.54, 1.807) is 13.8 Å². The average Bonchev–Trinajstić information content (AvgIpc) is 2.86. The Morgan fingerprint density at radius 3 is 2.52 bits per heavy atom. The normalized spacial score (nSPS) is 11.3. The number of aromatic nitrogens is 2. The van der Waals surface area contributed by atoms with E-state index in [4.69, 9.17) is 5.11 Å². The first-order valence-corrected chi connectivity index (χ1v) is 7.80. The number of amides is 1. The smallest absolute Gasteiger partial charge is 0.325 e. The molecular weight excluding hydrogens is 300 g/mol. The van der Waals surface area contributed by atoms with Crippen LogP contribution in [0.2, 0.25) is 0 Å². The Balaban J connectivity index is 2.71. The predicted molar refractivity (Wildman–Crippen MR) is 73.0 cm³/mol. The van der Waals surface area contributed by atoms with Crippen molar-refractivity contribution < 1.29 is 23.1 Å².